The Balaban J connectivity index is 0.600. The molecule has 470 valence electrons. The van der Waals surface area contributed by atoms with Crippen molar-refractivity contribution in [1.82, 2.24) is 22.8 Å². The molecule has 0 N–H and O–H groups in total. The summed E-state index contributed by atoms with van der Waals surface area (Å²) in [5.74, 6) is 0. The number of nitrogens with zero attached hydrogens (tertiary/aromatic N) is 6. The van der Waals surface area contributed by atoms with Crippen molar-refractivity contribution in [3.05, 3.63) is 338 Å². The number of allylic oxidation sites excluding steroid dienone is 4. The topological polar surface area (TPSA) is 48.4 Å². The lowest BCUT2D eigenvalue weighted by Gasteiger charge is -2.38. The molecule has 0 saturated carbocycles. The molecule has 100 heavy (non-hydrogen) atoms. The van der Waals surface area contributed by atoms with Crippen molar-refractivity contribution in [2.75, 3.05) is 0 Å². The summed E-state index contributed by atoms with van der Waals surface area (Å²) < 4.78 is 12.4. The number of aromatic nitrogens is 5. The number of benzene rings is 13. The quantitative estimate of drug-likeness (QED) is 0.152. The van der Waals surface area contributed by atoms with Gasteiger partial charge < -0.3 is 22.8 Å². The van der Waals surface area contributed by atoms with Gasteiger partial charge in [-0.15, -0.1) is 11.8 Å². The second-order valence-electron chi connectivity index (χ2n) is 27.9. The first-order valence-electron chi connectivity index (χ1n) is 34.6. The molecule has 5 aromatic heterocycles. The van der Waals surface area contributed by atoms with Gasteiger partial charge in [0.1, 0.15) is 0 Å². The largest absolute Gasteiger partial charge is 0.331 e. The summed E-state index contributed by atoms with van der Waals surface area (Å²) in [6.07, 6.45) is 12.8. The molecule has 7 heteroatoms. The molecule has 0 amide bonds. The van der Waals surface area contributed by atoms with Crippen molar-refractivity contribution in [3.8, 4) is 56.5 Å². The molecule has 6 nitrogen and oxygen atoms in total. The van der Waals surface area contributed by atoms with Crippen molar-refractivity contribution in [3.63, 3.8) is 0 Å². The molecular weight excluding hydrogens is 1230 g/mol. The van der Waals surface area contributed by atoms with Gasteiger partial charge >= 0.3 is 0 Å². The molecule has 0 fully saturated rings. The van der Waals surface area contributed by atoms with Gasteiger partial charge in [0.15, 0.2) is 0 Å². The number of nitriles is 1. The predicted octanol–water partition coefficient (Wildman–Crippen LogP) is 23.7. The van der Waals surface area contributed by atoms with Crippen LogP contribution in [0.4, 0.5) is 0 Å². The highest BCUT2D eigenvalue weighted by Crippen LogP contribution is 2.56. The number of rotatable bonds is 8. The summed E-state index contributed by atoms with van der Waals surface area (Å²) in [6.45, 7) is 4.85. The molecule has 0 bridgehead atoms. The summed E-state index contributed by atoms with van der Waals surface area (Å²) in [5.41, 5.74) is 26.6. The Labute approximate surface area is 581 Å². The Kier molecular flexibility index (Phi) is 12.1. The van der Waals surface area contributed by atoms with E-state index < -0.39 is 5.54 Å². The number of hydrogen-bond acceptors (Lipinski definition) is 2. The van der Waals surface area contributed by atoms with Crippen LogP contribution in [-0.4, -0.2) is 28.1 Å². The molecule has 3 aliphatic rings. The van der Waals surface area contributed by atoms with Gasteiger partial charge in [0.25, 0.3) is 0 Å². The van der Waals surface area contributed by atoms with E-state index in [1.807, 2.05) is 36.0 Å². The van der Waals surface area contributed by atoms with Gasteiger partial charge in [0.2, 0.25) is 0 Å². The Bertz CT molecular complexity index is 6710. The Morgan fingerprint density at radius 2 is 0.810 bits per heavy atom. The Hall–Kier alpha value is -12.3. The molecule has 2 aliphatic carbocycles. The second kappa shape index (κ2) is 21.3. The average Bonchev–Trinajstić information content (AvgIpc) is 1.56. The van der Waals surface area contributed by atoms with Gasteiger partial charge in [-0.25, -0.2) is 0 Å². The zero-order chi connectivity index (χ0) is 66.1. The lowest BCUT2D eigenvalue weighted by molar-refractivity contribution is 0.431. The summed E-state index contributed by atoms with van der Waals surface area (Å²) in [5, 5.41) is 20.9. The number of hydrogen-bond donors (Lipinski definition) is 0. The number of thioether (sulfide) groups is 1. The lowest BCUT2D eigenvalue weighted by Crippen LogP contribution is -2.39. The van der Waals surface area contributed by atoms with E-state index in [0.29, 0.717) is 5.56 Å². The van der Waals surface area contributed by atoms with E-state index in [0.717, 1.165) is 28.8 Å². The van der Waals surface area contributed by atoms with Gasteiger partial charge in [0.05, 0.1) is 55.5 Å². The van der Waals surface area contributed by atoms with Gasteiger partial charge in [-0.3, -0.25) is 0 Å². The van der Waals surface area contributed by atoms with Crippen molar-refractivity contribution < 1.29 is 0 Å². The van der Waals surface area contributed by atoms with Crippen LogP contribution in [-0.2, 0) is 17.5 Å². The molecule has 0 radical (unpaired) electrons. The highest BCUT2D eigenvalue weighted by Gasteiger charge is 2.45. The molecule has 0 saturated heterocycles. The third-order valence-electron chi connectivity index (χ3n) is 22.3. The van der Waals surface area contributed by atoms with E-state index in [2.05, 4.69) is 340 Å². The van der Waals surface area contributed by atoms with Crippen LogP contribution >= 0.6 is 11.8 Å². The summed E-state index contributed by atoms with van der Waals surface area (Å²) in [6, 6.07) is 110. The van der Waals surface area contributed by atoms with Crippen LogP contribution < -0.4 is 0 Å². The summed E-state index contributed by atoms with van der Waals surface area (Å²) in [7, 11) is 0. The van der Waals surface area contributed by atoms with Crippen LogP contribution in [0.15, 0.2) is 320 Å². The lowest BCUT2D eigenvalue weighted by atomic mass is 9.83. The molecule has 1 aliphatic heterocycles. The van der Waals surface area contributed by atoms with E-state index >= 15 is 0 Å². The SMILES string of the molecule is CC1(n2c3ccccc3c3cc(-c4ccc5c(c4)c4ccccc4n5-c4cccc(-c5ccc6c(c5)C5=CC=CC(C)(n7c8ccccc8c8cc(-c9ccc%10c(c9)c9ccccc9n%10-c9ccc(C#N)cc9)ccc87)C5S6)c4)ccc32)C=Cc2c(c3ccccc3n2-c2ccccc2)C1. The number of fused-ring (bicyclic) bond motifs is 18. The van der Waals surface area contributed by atoms with E-state index in [1.54, 1.807) is 0 Å². The molecule has 3 atom stereocenters. The molecule has 18 aromatic rings. The fourth-order valence-corrected chi connectivity index (χ4v) is 19.2. The first-order valence-corrected chi connectivity index (χ1v) is 35.5. The maximum Gasteiger partial charge on any atom is 0.0991 e. The molecule has 3 unspecified atom stereocenters. The zero-order valence-corrected chi connectivity index (χ0v) is 55.8. The first kappa shape index (κ1) is 56.8. The minimum atomic E-state index is -0.392. The fourth-order valence-electron chi connectivity index (χ4n) is 17.7. The van der Waals surface area contributed by atoms with Gasteiger partial charge in [-0.05, 0) is 210 Å². The Morgan fingerprint density at radius 3 is 1.42 bits per heavy atom. The van der Waals surface area contributed by atoms with Crippen molar-refractivity contribution in [2.45, 2.75) is 41.5 Å². The first-order chi connectivity index (χ1) is 49.2. The van der Waals surface area contributed by atoms with Gasteiger partial charge in [0, 0.05) is 105 Å². The van der Waals surface area contributed by atoms with Crippen molar-refractivity contribution in [2.24, 2.45) is 0 Å². The molecular formula is C93H62N6S. The standard InChI is InChI=1S/C93H62N6S/c1-92(49-47-85-79(56-92)72-26-8-13-30-82(72)95(85)65-19-4-3-5-20-65)98-86-31-14-9-24-70(86)76-53-62(37-44-88(76)98)61-36-43-84-75(52-61)69-23-7-12-29-81(69)97(84)67-21-16-18-59(50-67)64-39-46-90-78(55-64)73-27-17-48-93(2,91(73)100-90)99-87-32-15-10-25-71(87)77-54-63(38-45-89(77)99)60-35-42-83-74(51-60)68-22-6-11-28-80(68)96(83)66-40-33-58(57-94)34-41-66/h3-55,91H,56H2,1-2H3. The molecule has 0 spiro atoms. The highest BCUT2D eigenvalue weighted by atomic mass is 32.2. The summed E-state index contributed by atoms with van der Waals surface area (Å²) in [4.78, 5) is 1.31. The van der Waals surface area contributed by atoms with E-state index in [-0.39, 0.29) is 10.8 Å². The molecule has 13 aromatic carbocycles. The predicted molar refractivity (Wildman–Crippen MR) is 419 cm³/mol. The minimum absolute atomic E-state index is 0.140. The third-order valence-corrected chi connectivity index (χ3v) is 23.8. The van der Waals surface area contributed by atoms with E-state index in [9.17, 15) is 5.26 Å². The minimum Gasteiger partial charge on any atom is -0.331 e. The third kappa shape index (κ3) is 8.20. The average molecular weight is 1300 g/mol. The van der Waals surface area contributed by atoms with Crippen LogP contribution in [0.1, 0.15) is 36.2 Å². The zero-order valence-electron chi connectivity index (χ0n) is 55.0. The van der Waals surface area contributed by atoms with Crippen LogP contribution in [0.5, 0.6) is 0 Å². The fraction of sp³-hybridized carbons (Fsp3) is 0.0645. The van der Waals surface area contributed by atoms with Crippen molar-refractivity contribution >= 4 is 122 Å². The van der Waals surface area contributed by atoms with Crippen molar-refractivity contribution in [1.29, 1.82) is 5.26 Å². The number of para-hydroxylation sites is 6. The molecule has 6 heterocycles. The van der Waals surface area contributed by atoms with Crippen LogP contribution in [0.25, 0.3) is 160 Å². The summed E-state index contributed by atoms with van der Waals surface area (Å²) >= 11 is 1.99. The monoisotopic (exact) mass is 1290 g/mol. The molecule has 21 rings (SSSR count). The normalized spacial score (nSPS) is 17.2. The smallest absolute Gasteiger partial charge is 0.0991 e. The van der Waals surface area contributed by atoms with Gasteiger partial charge in [-0.2, -0.15) is 5.26 Å². The van der Waals surface area contributed by atoms with E-state index in [1.165, 1.54) is 153 Å². The van der Waals surface area contributed by atoms with Crippen LogP contribution in [0, 0.1) is 11.3 Å². The maximum atomic E-state index is 9.56. The van der Waals surface area contributed by atoms with Crippen LogP contribution in [0.2, 0.25) is 0 Å². The van der Waals surface area contributed by atoms with Gasteiger partial charge in [-0.1, -0.05) is 176 Å². The second-order valence-corrected chi connectivity index (χ2v) is 29.0. The maximum absolute atomic E-state index is 9.56. The highest BCUT2D eigenvalue weighted by molar-refractivity contribution is 8.01. The Morgan fingerprint density at radius 1 is 0.370 bits per heavy atom. The van der Waals surface area contributed by atoms with Crippen LogP contribution in [0.3, 0.4) is 0 Å². The van der Waals surface area contributed by atoms with E-state index in [4.69, 9.17) is 0 Å².